The molecule has 1 saturated heterocycles. The van der Waals surface area contributed by atoms with E-state index in [4.69, 9.17) is 14.0 Å². The summed E-state index contributed by atoms with van der Waals surface area (Å²) < 4.78 is 16.5. The Morgan fingerprint density at radius 2 is 2.12 bits per heavy atom. The first-order chi connectivity index (χ1) is 12.5. The number of nitrogens with zero attached hydrogens (tertiary/aromatic N) is 2. The van der Waals surface area contributed by atoms with Gasteiger partial charge >= 0.3 is 0 Å². The van der Waals surface area contributed by atoms with Crippen LogP contribution in [0.1, 0.15) is 53.6 Å². The summed E-state index contributed by atoms with van der Waals surface area (Å²) in [4.78, 5) is 14.8. The van der Waals surface area contributed by atoms with Crippen LogP contribution >= 0.6 is 0 Å². The lowest BCUT2D eigenvalue weighted by molar-refractivity contribution is 0.0635. The highest BCUT2D eigenvalue weighted by Crippen LogP contribution is 2.30. The average molecular weight is 358 g/mol. The number of methoxy groups -OCH3 is 1. The highest BCUT2D eigenvalue weighted by atomic mass is 16.5. The van der Waals surface area contributed by atoms with Crippen molar-refractivity contribution in [3.8, 4) is 11.5 Å². The number of benzene rings is 1. The summed E-state index contributed by atoms with van der Waals surface area (Å²) >= 11 is 0. The van der Waals surface area contributed by atoms with Crippen molar-refractivity contribution in [2.75, 3.05) is 13.7 Å². The molecule has 140 valence electrons. The molecule has 6 heteroatoms. The molecule has 26 heavy (non-hydrogen) atoms. The third kappa shape index (κ3) is 3.69. The van der Waals surface area contributed by atoms with Crippen LogP contribution in [0.5, 0.6) is 11.5 Å². The molecule has 2 aromatic rings. The number of likely N-dealkylation sites (tertiary alicyclic amines) is 1. The van der Waals surface area contributed by atoms with Gasteiger partial charge in [-0.3, -0.25) is 4.79 Å². The van der Waals surface area contributed by atoms with Crippen molar-refractivity contribution in [3.05, 3.63) is 40.8 Å². The topological polar surface area (TPSA) is 64.8 Å². The number of ether oxygens (including phenoxy) is 2. The molecule has 1 fully saturated rings. The predicted octanol–water partition coefficient (Wildman–Crippen LogP) is 3.89. The Labute approximate surface area is 154 Å². The molecule has 1 aromatic carbocycles. The Morgan fingerprint density at radius 1 is 1.31 bits per heavy atom. The van der Waals surface area contributed by atoms with Crippen LogP contribution in [0.15, 0.2) is 22.7 Å². The van der Waals surface area contributed by atoms with E-state index < -0.39 is 0 Å². The second-order valence-corrected chi connectivity index (χ2v) is 6.80. The molecule has 1 unspecified atom stereocenters. The molecule has 0 bridgehead atoms. The summed E-state index contributed by atoms with van der Waals surface area (Å²) in [6.45, 7) is 7.00. The van der Waals surface area contributed by atoms with Crippen LogP contribution in [0.25, 0.3) is 0 Å². The molecule has 3 rings (SSSR count). The van der Waals surface area contributed by atoms with Crippen molar-refractivity contribution < 1.29 is 18.8 Å². The van der Waals surface area contributed by atoms with Crippen molar-refractivity contribution in [1.29, 1.82) is 0 Å². The fourth-order valence-corrected chi connectivity index (χ4v) is 3.34. The molecule has 6 nitrogen and oxygen atoms in total. The number of hydrogen-bond acceptors (Lipinski definition) is 5. The van der Waals surface area contributed by atoms with Gasteiger partial charge in [0.05, 0.1) is 18.4 Å². The maximum atomic E-state index is 12.8. The summed E-state index contributed by atoms with van der Waals surface area (Å²) in [5.74, 6) is 1.93. The van der Waals surface area contributed by atoms with Crippen LogP contribution in [0.3, 0.4) is 0 Å². The summed E-state index contributed by atoms with van der Waals surface area (Å²) in [7, 11) is 1.58. The maximum absolute atomic E-state index is 12.8. The van der Waals surface area contributed by atoms with Gasteiger partial charge < -0.3 is 18.9 Å². The van der Waals surface area contributed by atoms with Crippen LogP contribution < -0.4 is 9.47 Å². The van der Waals surface area contributed by atoms with Gasteiger partial charge in [0.1, 0.15) is 12.4 Å². The minimum absolute atomic E-state index is 0.0489. The van der Waals surface area contributed by atoms with Crippen molar-refractivity contribution in [1.82, 2.24) is 10.1 Å². The van der Waals surface area contributed by atoms with Gasteiger partial charge in [-0.1, -0.05) is 5.16 Å². The minimum atomic E-state index is 0.0489. The summed E-state index contributed by atoms with van der Waals surface area (Å²) in [6.07, 6.45) is 3.30. The van der Waals surface area contributed by atoms with Crippen molar-refractivity contribution in [2.24, 2.45) is 0 Å². The molecule has 2 heterocycles. The Balaban J connectivity index is 1.76. The fraction of sp³-hybridized carbons (Fsp3) is 0.500. The highest BCUT2D eigenvalue weighted by molar-refractivity contribution is 5.95. The molecule has 1 aliphatic rings. The van der Waals surface area contributed by atoms with Gasteiger partial charge in [0.25, 0.3) is 5.91 Å². The quantitative estimate of drug-likeness (QED) is 0.811. The fourth-order valence-electron chi connectivity index (χ4n) is 3.34. The second-order valence-electron chi connectivity index (χ2n) is 6.80. The molecule has 1 aromatic heterocycles. The minimum Gasteiger partial charge on any atom is -0.493 e. The smallest absolute Gasteiger partial charge is 0.254 e. The lowest BCUT2D eigenvalue weighted by Gasteiger charge is -2.33. The molecule has 0 saturated carbocycles. The van der Waals surface area contributed by atoms with E-state index in [0.29, 0.717) is 23.7 Å². The number of hydrogen-bond donors (Lipinski definition) is 0. The van der Waals surface area contributed by atoms with Crippen LogP contribution in [-0.4, -0.2) is 35.7 Å². The number of aryl methyl sites for hydroxylation is 2. The van der Waals surface area contributed by atoms with E-state index in [-0.39, 0.29) is 11.9 Å². The van der Waals surface area contributed by atoms with E-state index in [0.717, 1.165) is 36.4 Å². The van der Waals surface area contributed by atoms with Gasteiger partial charge in [-0.05, 0) is 58.2 Å². The normalized spacial score (nSPS) is 17.2. The number of rotatable bonds is 5. The summed E-state index contributed by atoms with van der Waals surface area (Å²) in [6, 6.07) is 5.62. The van der Waals surface area contributed by atoms with E-state index >= 15 is 0 Å². The lowest BCUT2D eigenvalue weighted by Crippen LogP contribution is -2.42. The van der Waals surface area contributed by atoms with Gasteiger partial charge in [-0.2, -0.15) is 0 Å². The number of aromatic nitrogens is 1. The second kappa shape index (κ2) is 7.81. The largest absolute Gasteiger partial charge is 0.493 e. The molecule has 0 spiro atoms. The Hall–Kier alpha value is -2.50. The number of piperidine rings is 1. The number of carbonyl (C=O) groups excluding carboxylic acids is 1. The predicted molar refractivity (Wildman–Crippen MR) is 97.7 cm³/mol. The van der Waals surface area contributed by atoms with E-state index in [1.807, 2.05) is 18.7 Å². The lowest BCUT2D eigenvalue weighted by atomic mass is 10.0. The molecule has 0 radical (unpaired) electrons. The molecular formula is C20H26N2O4. The first-order valence-corrected chi connectivity index (χ1v) is 9.04. The molecule has 1 atom stereocenters. The van der Waals surface area contributed by atoms with Gasteiger partial charge in [0.15, 0.2) is 11.5 Å². The van der Waals surface area contributed by atoms with Crippen LogP contribution in [0.4, 0.5) is 0 Å². The standard InChI is InChI=1S/C20H26N2O4/c1-13-7-5-6-10-22(13)20(23)16-8-9-18(19(11-16)24-4)25-12-17-14(2)21-26-15(17)3/h8-9,11,13H,5-7,10,12H2,1-4H3. The zero-order valence-electron chi connectivity index (χ0n) is 15.9. The number of carbonyl (C=O) groups is 1. The highest BCUT2D eigenvalue weighted by Gasteiger charge is 2.25. The van der Waals surface area contributed by atoms with E-state index in [2.05, 4.69) is 12.1 Å². The third-order valence-electron chi connectivity index (χ3n) is 5.03. The molecular weight excluding hydrogens is 332 g/mol. The SMILES string of the molecule is COc1cc(C(=O)N2CCCCC2C)ccc1OCc1c(C)noc1C. The van der Waals surface area contributed by atoms with Crippen LogP contribution in [0.2, 0.25) is 0 Å². The van der Waals surface area contributed by atoms with Gasteiger partial charge in [-0.25, -0.2) is 0 Å². The molecule has 0 N–H and O–H groups in total. The van der Waals surface area contributed by atoms with Gasteiger partial charge in [-0.15, -0.1) is 0 Å². The first kappa shape index (κ1) is 18.3. The Bertz CT molecular complexity index is 765. The third-order valence-corrected chi connectivity index (χ3v) is 5.03. The zero-order chi connectivity index (χ0) is 18.7. The Kier molecular flexibility index (Phi) is 5.49. The van der Waals surface area contributed by atoms with Crippen LogP contribution in [-0.2, 0) is 6.61 Å². The number of amides is 1. The molecule has 0 aliphatic carbocycles. The maximum Gasteiger partial charge on any atom is 0.254 e. The van der Waals surface area contributed by atoms with E-state index in [1.54, 1.807) is 25.3 Å². The Morgan fingerprint density at radius 3 is 2.77 bits per heavy atom. The van der Waals surface area contributed by atoms with Crippen molar-refractivity contribution in [2.45, 2.75) is 52.7 Å². The first-order valence-electron chi connectivity index (χ1n) is 9.04. The van der Waals surface area contributed by atoms with Gasteiger partial charge in [0, 0.05) is 18.2 Å². The average Bonchev–Trinajstić information content (AvgIpc) is 2.97. The molecule has 1 amide bonds. The zero-order valence-corrected chi connectivity index (χ0v) is 15.9. The summed E-state index contributed by atoms with van der Waals surface area (Å²) in [5, 5.41) is 3.93. The van der Waals surface area contributed by atoms with Gasteiger partial charge in [0.2, 0.25) is 0 Å². The van der Waals surface area contributed by atoms with E-state index in [9.17, 15) is 4.79 Å². The summed E-state index contributed by atoms with van der Waals surface area (Å²) in [5.41, 5.74) is 2.36. The molecule has 1 aliphatic heterocycles. The van der Waals surface area contributed by atoms with Crippen molar-refractivity contribution >= 4 is 5.91 Å². The van der Waals surface area contributed by atoms with Crippen LogP contribution in [0, 0.1) is 13.8 Å². The van der Waals surface area contributed by atoms with Crippen molar-refractivity contribution in [3.63, 3.8) is 0 Å². The van der Waals surface area contributed by atoms with E-state index in [1.165, 1.54) is 6.42 Å². The monoisotopic (exact) mass is 358 g/mol.